The Morgan fingerprint density at radius 3 is 2.20 bits per heavy atom. The van der Waals surface area contributed by atoms with Gasteiger partial charge in [-0.1, -0.05) is 48.5 Å². The first-order valence-electron chi connectivity index (χ1n) is 12.3. The lowest BCUT2D eigenvalue weighted by atomic mass is 9.71. The largest absolute Gasteiger partial charge is 0.480 e. The maximum Gasteiger partial charge on any atom is 0.407 e. The Bertz CT molecular complexity index is 1130. The molecule has 2 saturated carbocycles. The molecule has 4 atom stereocenters. The van der Waals surface area contributed by atoms with Gasteiger partial charge in [0.2, 0.25) is 5.91 Å². The van der Waals surface area contributed by atoms with E-state index in [9.17, 15) is 19.5 Å². The van der Waals surface area contributed by atoms with Gasteiger partial charge in [-0.3, -0.25) is 4.79 Å². The maximum atomic E-state index is 12.9. The average molecular weight is 477 g/mol. The molecule has 35 heavy (non-hydrogen) atoms. The van der Waals surface area contributed by atoms with Crippen LogP contribution in [0.5, 0.6) is 0 Å². The molecule has 7 nitrogen and oxygen atoms in total. The van der Waals surface area contributed by atoms with E-state index < -0.39 is 17.6 Å². The van der Waals surface area contributed by atoms with Crippen LogP contribution in [0.4, 0.5) is 4.79 Å². The van der Waals surface area contributed by atoms with Gasteiger partial charge in [0.25, 0.3) is 0 Å². The van der Waals surface area contributed by atoms with E-state index >= 15 is 0 Å². The second-order valence-corrected chi connectivity index (χ2v) is 10.7. The highest BCUT2D eigenvalue weighted by Crippen LogP contribution is 2.50. The number of carbonyl (C=O) groups is 3. The molecule has 4 unspecified atom stereocenters. The summed E-state index contributed by atoms with van der Waals surface area (Å²) in [5.41, 5.74) is 3.48. The van der Waals surface area contributed by atoms with E-state index in [1.54, 1.807) is 7.05 Å². The normalized spacial score (nSPS) is 24.5. The van der Waals surface area contributed by atoms with Gasteiger partial charge in [0, 0.05) is 24.9 Å². The predicted molar refractivity (Wildman–Crippen MR) is 131 cm³/mol. The summed E-state index contributed by atoms with van der Waals surface area (Å²) in [4.78, 5) is 38.5. The molecule has 0 bridgehead atoms. The Kier molecular flexibility index (Phi) is 5.82. The molecule has 2 aromatic carbocycles. The van der Waals surface area contributed by atoms with Crippen molar-refractivity contribution in [2.24, 2.45) is 17.8 Å². The zero-order valence-corrected chi connectivity index (χ0v) is 20.4. The number of amides is 2. The van der Waals surface area contributed by atoms with Gasteiger partial charge in [-0.2, -0.15) is 0 Å². The fourth-order valence-corrected chi connectivity index (χ4v) is 6.08. The van der Waals surface area contributed by atoms with E-state index in [0.717, 1.165) is 12.8 Å². The number of fused-ring (bicyclic) bond motifs is 4. The van der Waals surface area contributed by atoms with Crippen LogP contribution in [0, 0.1) is 17.8 Å². The minimum atomic E-state index is -1.25. The Labute approximate surface area is 205 Å². The molecule has 2 N–H and O–H groups in total. The van der Waals surface area contributed by atoms with E-state index in [-0.39, 0.29) is 36.3 Å². The zero-order chi connectivity index (χ0) is 24.9. The minimum absolute atomic E-state index is 0.00811. The minimum Gasteiger partial charge on any atom is -0.480 e. The number of benzene rings is 2. The van der Waals surface area contributed by atoms with Gasteiger partial charge in [0.1, 0.15) is 12.1 Å². The molecule has 0 radical (unpaired) electrons. The van der Waals surface area contributed by atoms with Crippen molar-refractivity contribution in [1.29, 1.82) is 0 Å². The van der Waals surface area contributed by atoms with Crippen molar-refractivity contribution in [3.63, 3.8) is 0 Å². The molecule has 0 aliphatic heterocycles. The molecule has 3 aliphatic rings. The molecule has 2 amide bonds. The van der Waals surface area contributed by atoms with Crippen LogP contribution in [0.15, 0.2) is 48.5 Å². The molecule has 0 spiro atoms. The van der Waals surface area contributed by atoms with Crippen LogP contribution >= 0.6 is 0 Å². The molecule has 3 aliphatic carbocycles. The van der Waals surface area contributed by atoms with Gasteiger partial charge in [0.15, 0.2) is 0 Å². The highest BCUT2D eigenvalue weighted by molar-refractivity contribution is 5.87. The van der Waals surface area contributed by atoms with Crippen LogP contribution < -0.4 is 5.32 Å². The number of carbonyl (C=O) groups excluding carboxylic acids is 2. The molecule has 7 heteroatoms. The summed E-state index contributed by atoms with van der Waals surface area (Å²) in [5.74, 6) is -0.738. The highest BCUT2D eigenvalue weighted by Gasteiger charge is 2.51. The van der Waals surface area contributed by atoms with Crippen molar-refractivity contribution in [3.8, 4) is 11.1 Å². The smallest absolute Gasteiger partial charge is 0.407 e. The van der Waals surface area contributed by atoms with Crippen molar-refractivity contribution >= 4 is 18.0 Å². The molecule has 0 aromatic heterocycles. The topological polar surface area (TPSA) is 95.9 Å². The van der Waals surface area contributed by atoms with Gasteiger partial charge in [0.05, 0.1) is 0 Å². The van der Waals surface area contributed by atoms with Crippen molar-refractivity contribution < 1.29 is 24.2 Å². The van der Waals surface area contributed by atoms with Crippen LogP contribution in [0.1, 0.15) is 50.2 Å². The number of nitrogens with one attached hydrogen (secondary N) is 1. The molecule has 5 rings (SSSR count). The number of ether oxygens (including phenoxy) is 1. The van der Waals surface area contributed by atoms with Gasteiger partial charge < -0.3 is 20.1 Å². The number of nitrogens with zero attached hydrogens (tertiary/aromatic N) is 1. The number of rotatable bonds is 6. The first kappa shape index (κ1) is 23.4. The number of alkyl carbamates (subject to hydrolysis) is 1. The summed E-state index contributed by atoms with van der Waals surface area (Å²) in [7, 11) is 1.56. The standard InChI is InChI=1S/C28H32N2O5/c1-28(2,26(32)33)30(3)25(31)17-12-16-14-24(22(16)13-17)29-27(34)35-15-23-20-10-6-4-8-18(20)19-9-5-7-11-21(19)23/h4-11,16-17,22-24H,12-15H2,1-3H3,(H,29,34)(H,32,33). The van der Waals surface area contributed by atoms with Crippen molar-refractivity contribution in [3.05, 3.63) is 59.7 Å². The predicted octanol–water partition coefficient (Wildman–Crippen LogP) is 4.26. The van der Waals surface area contributed by atoms with Crippen LogP contribution in [-0.2, 0) is 14.3 Å². The van der Waals surface area contributed by atoms with E-state index in [4.69, 9.17) is 4.74 Å². The lowest BCUT2D eigenvalue weighted by Crippen LogP contribution is -2.52. The Morgan fingerprint density at radius 1 is 1.00 bits per heavy atom. The van der Waals surface area contributed by atoms with Crippen molar-refractivity contribution in [2.75, 3.05) is 13.7 Å². The van der Waals surface area contributed by atoms with Crippen LogP contribution in [-0.4, -0.2) is 53.2 Å². The summed E-state index contributed by atoms with van der Waals surface area (Å²) < 4.78 is 5.69. The summed E-state index contributed by atoms with van der Waals surface area (Å²) in [6.45, 7) is 3.35. The lowest BCUT2D eigenvalue weighted by Gasteiger charge is -2.40. The third-order valence-electron chi connectivity index (χ3n) is 8.51. The monoisotopic (exact) mass is 476 g/mol. The average Bonchev–Trinajstić information content (AvgIpc) is 3.35. The highest BCUT2D eigenvalue weighted by atomic mass is 16.5. The molecule has 2 aromatic rings. The summed E-state index contributed by atoms with van der Waals surface area (Å²) in [5, 5.41) is 12.5. The molecule has 0 heterocycles. The molecule has 0 saturated heterocycles. The Hall–Kier alpha value is -3.35. The number of hydrogen-bond acceptors (Lipinski definition) is 4. The number of carboxylic acid groups (broad SMARTS) is 1. The third kappa shape index (κ3) is 3.97. The van der Waals surface area contributed by atoms with E-state index in [0.29, 0.717) is 12.3 Å². The van der Waals surface area contributed by atoms with Crippen LogP contribution in [0.3, 0.4) is 0 Å². The molecule has 2 fully saturated rings. The zero-order valence-electron chi connectivity index (χ0n) is 20.4. The first-order valence-corrected chi connectivity index (χ1v) is 12.3. The van der Waals surface area contributed by atoms with Crippen LogP contribution in [0.2, 0.25) is 0 Å². The number of aliphatic carboxylic acids is 1. The van der Waals surface area contributed by atoms with Gasteiger partial charge >= 0.3 is 12.1 Å². The van der Waals surface area contributed by atoms with E-state index in [1.807, 2.05) is 24.3 Å². The fraction of sp³-hybridized carbons (Fsp3) is 0.464. The number of carboxylic acids is 1. The van der Waals surface area contributed by atoms with E-state index in [2.05, 4.69) is 29.6 Å². The van der Waals surface area contributed by atoms with Gasteiger partial charge in [-0.05, 0) is 67.2 Å². The second kappa shape index (κ2) is 8.70. The lowest BCUT2D eigenvalue weighted by molar-refractivity contribution is -0.157. The van der Waals surface area contributed by atoms with Gasteiger partial charge in [-0.15, -0.1) is 0 Å². The summed E-state index contributed by atoms with van der Waals surface area (Å²) >= 11 is 0. The van der Waals surface area contributed by atoms with E-state index in [1.165, 1.54) is 41.0 Å². The maximum absolute atomic E-state index is 12.9. The number of hydrogen-bond donors (Lipinski definition) is 2. The molecular weight excluding hydrogens is 444 g/mol. The molecular formula is C28H32N2O5. The summed E-state index contributed by atoms with van der Waals surface area (Å²) in [6, 6.07) is 16.5. The number of likely N-dealkylation sites (N-methyl/N-ethyl adjacent to an activating group) is 1. The van der Waals surface area contributed by atoms with Gasteiger partial charge in [-0.25, -0.2) is 9.59 Å². The second-order valence-electron chi connectivity index (χ2n) is 10.7. The Morgan fingerprint density at radius 2 is 1.60 bits per heavy atom. The molecule has 184 valence electrons. The van der Waals surface area contributed by atoms with Crippen molar-refractivity contribution in [1.82, 2.24) is 10.2 Å². The first-order chi connectivity index (χ1) is 16.7. The summed E-state index contributed by atoms with van der Waals surface area (Å²) in [6.07, 6.45) is 1.81. The third-order valence-corrected chi connectivity index (χ3v) is 8.51. The Balaban J connectivity index is 1.16. The SMILES string of the molecule is CN(C(=O)C1CC2CC(NC(=O)OCC3c4ccccc4-c4ccccc43)C2C1)C(C)(C)C(=O)O. The fourth-order valence-electron chi connectivity index (χ4n) is 6.08. The van der Waals surface area contributed by atoms with Crippen molar-refractivity contribution in [2.45, 2.75) is 50.6 Å². The quantitative estimate of drug-likeness (QED) is 0.650. The van der Waals surface area contributed by atoms with Crippen LogP contribution in [0.25, 0.3) is 11.1 Å².